The number of hydroxylamine groups is 2. The van der Waals surface area contributed by atoms with Gasteiger partial charge in [-0.1, -0.05) is 23.8 Å². The summed E-state index contributed by atoms with van der Waals surface area (Å²) in [5.74, 6) is -0.557. The number of hydrogen-bond donors (Lipinski definition) is 0. The summed E-state index contributed by atoms with van der Waals surface area (Å²) in [4.78, 5) is 28.2. The molecule has 0 saturated heterocycles. The van der Waals surface area contributed by atoms with E-state index in [0.717, 1.165) is 16.7 Å². The highest BCUT2D eigenvalue weighted by molar-refractivity contribution is 5.88. The highest BCUT2D eigenvalue weighted by atomic mass is 16.7. The van der Waals surface area contributed by atoms with Gasteiger partial charge in [-0.15, -0.1) is 0 Å². The Kier molecular flexibility index (Phi) is 6.62. The first-order chi connectivity index (χ1) is 9.97. The molecule has 0 N–H and O–H groups in total. The topological polar surface area (TPSA) is 55.8 Å². The van der Waals surface area contributed by atoms with E-state index in [1.54, 1.807) is 20.0 Å². The van der Waals surface area contributed by atoms with E-state index in [-0.39, 0.29) is 12.3 Å². The van der Waals surface area contributed by atoms with Crippen molar-refractivity contribution in [3.8, 4) is 0 Å². The molecule has 21 heavy (non-hydrogen) atoms. The van der Waals surface area contributed by atoms with E-state index in [1.807, 2.05) is 25.1 Å². The Morgan fingerprint density at radius 3 is 2.67 bits per heavy atom. The van der Waals surface area contributed by atoms with Gasteiger partial charge in [0.1, 0.15) is 0 Å². The molecule has 0 aromatic heterocycles. The third-order valence-electron chi connectivity index (χ3n) is 2.95. The molecule has 0 aliphatic carbocycles. The van der Waals surface area contributed by atoms with Crippen LogP contribution in [0.3, 0.4) is 0 Å². The molecule has 1 amide bonds. The van der Waals surface area contributed by atoms with Crippen LogP contribution in [0.25, 0.3) is 6.08 Å². The standard InChI is InChI=1S/C16H21NO4/c1-5-21-16(19)9-8-13-7-6-12(2)10-14(13)11-15(18)17(3)20-4/h6-10H,5,11H2,1-4H3/b9-8+. The van der Waals surface area contributed by atoms with Gasteiger partial charge in [-0.3, -0.25) is 9.63 Å². The Balaban J connectivity index is 2.94. The number of carbonyl (C=O) groups is 2. The average Bonchev–Trinajstić information content (AvgIpc) is 2.45. The molecule has 0 atom stereocenters. The summed E-state index contributed by atoms with van der Waals surface area (Å²) in [6, 6.07) is 5.73. The third kappa shape index (κ3) is 5.39. The fourth-order valence-electron chi connectivity index (χ4n) is 1.77. The normalized spacial score (nSPS) is 10.7. The molecule has 0 bridgehead atoms. The van der Waals surface area contributed by atoms with Crippen LogP contribution in [-0.4, -0.2) is 37.7 Å². The van der Waals surface area contributed by atoms with Crippen LogP contribution in [0.4, 0.5) is 0 Å². The van der Waals surface area contributed by atoms with Crippen LogP contribution >= 0.6 is 0 Å². The van der Waals surface area contributed by atoms with Crippen LogP contribution in [0.2, 0.25) is 0 Å². The molecule has 1 rings (SSSR count). The third-order valence-corrected chi connectivity index (χ3v) is 2.95. The summed E-state index contributed by atoms with van der Waals surface area (Å²) in [5, 5.41) is 1.18. The predicted octanol–water partition coefficient (Wildman–Crippen LogP) is 2.13. The van der Waals surface area contributed by atoms with Crippen LogP contribution in [0.1, 0.15) is 23.6 Å². The molecule has 0 spiro atoms. The second kappa shape index (κ2) is 8.21. The molecule has 0 unspecified atom stereocenters. The molecule has 0 radical (unpaired) electrons. The first-order valence-corrected chi connectivity index (χ1v) is 6.73. The summed E-state index contributed by atoms with van der Waals surface area (Å²) in [6.07, 6.45) is 3.23. The van der Waals surface area contributed by atoms with Crippen LogP contribution < -0.4 is 0 Å². The monoisotopic (exact) mass is 291 g/mol. The van der Waals surface area contributed by atoms with Crippen LogP contribution in [0.5, 0.6) is 0 Å². The molecule has 0 fully saturated rings. The number of esters is 1. The van der Waals surface area contributed by atoms with E-state index in [1.165, 1.54) is 18.2 Å². The van der Waals surface area contributed by atoms with Gasteiger partial charge in [-0.2, -0.15) is 0 Å². The van der Waals surface area contributed by atoms with Gasteiger partial charge in [0.05, 0.1) is 20.1 Å². The van der Waals surface area contributed by atoms with Crippen molar-refractivity contribution in [2.45, 2.75) is 20.3 Å². The fourth-order valence-corrected chi connectivity index (χ4v) is 1.77. The SMILES string of the molecule is CCOC(=O)/C=C/c1ccc(C)cc1CC(=O)N(C)OC. The number of rotatable bonds is 6. The smallest absolute Gasteiger partial charge is 0.330 e. The highest BCUT2D eigenvalue weighted by Gasteiger charge is 2.11. The number of ether oxygens (including phenoxy) is 1. The van der Waals surface area contributed by atoms with Crippen molar-refractivity contribution in [3.63, 3.8) is 0 Å². The Labute approximate surface area is 125 Å². The number of hydrogen-bond acceptors (Lipinski definition) is 4. The highest BCUT2D eigenvalue weighted by Crippen LogP contribution is 2.15. The molecule has 0 heterocycles. The maximum Gasteiger partial charge on any atom is 0.330 e. The maximum atomic E-state index is 11.9. The van der Waals surface area contributed by atoms with Crippen LogP contribution in [0.15, 0.2) is 24.3 Å². The van der Waals surface area contributed by atoms with Gasteiger partial charge < -0.3 is 4.74 Å². The molecule has 5 nitrogen and oxygen atoms in total. The van der Waals surface area contributed by atoms with Crippen molar-refractivity contribution in [1.29, 1.82) is 0 Å². The Morgan fingerprint density at radius 1 is 1.33 bits per heavy atom. The zero-order valence-corrected chi connectivity index (χ0v) is 12.9. The van der Waals surface area contributed by atoms with Gasteiger partial charge in [0.25, 0.3) is 0 Å². The number of amides is 1. The number of benzene rings is 1. The van der Waals surface area contributed by atoms with Crippen molar-refractivity contribution in [2.24, 2.45) is 0 Å². The Morgan fingerprint density at radius 2 is 2.05 bits per heavy atom. The Bertz CT molecular complexity index is 537. The summed E-state index contributed by atoms with van der Waals surface area (Å²) in [7, 11) is 3.00. The van der Waals surface area contributed by atoms with Gasteiger partial charge in [0.15, 0.2) is 0 Å². The first-order valence-electron chi connectivity index (χ1n) is 6.73. The lowest BCUT2D eigenvalue weighted by atomic mass is 10.0. The summed E-state index contributed by atoms with van der Waals surface area (Å²) < 4.78 is 4.84. The van der Waals surface area contributed by atoms with Gasteiger partial charge in [0.2, 0.25) is 5.91 Å². The molecule has 0 aliphatic heterocycles. The van der Waals surface area contributed by atoms with Crippen molar-refractivity contribution in [1.82, 2.24) is 5.06 Å². The number of likely N-dealkylation sites (N-methyl/N-ethyl adjacent to an activating group) is 1. The minimum atomic E-state index is -0.399. The minimum Gasteiger partial charge on any atom is -0.463 e. The van der Waals surface area contributed by atoms with Crippen molar-refractivity contribution < 1.29 is 19.2 Å². The summed E-state index contributed by atoms with van der Waals surface area (Å²) in [6.45, 7) is 4.04. The molecule has 1 aromatic carbocycles. The molecule has 0 aliphatic rings. The van der Waals surface area contributed by atoms with E-state index in [2.05, 4.69) is 0 Å². The van der Waals surface area contributed by atoms with E-state index in [9.17, 15) is 9.59 Å². The molecule has 1 aromatic rings. The van der Waals surface area contributed by atoms with Crippen molar-refractivity contribution in [2.75, 3.05) is 20.8 Å². The van der Waals surface area contributed by atoms with Crippen molar-refractivity contribution >= 4 is 18.0 Å². The zero-order valence-electron chi connectivity index (χ0n) is 12.9. The van der Waals surface area contributed by atoms with E-state index < -0.39 is 5.97 Å². The second-order valence-electron chi connectivity index (χ2n) is 4.54. The predicted molar refractivity (Wildman–Crippen MR) is 80.3 cm³/mol. The molecule has 0 saturated carbocycles. The lowest BCUT2D eigenvalue weighted by molar-refractivity contribution is -0.167. The number of aryl methyl sites for hydroxylation is 1. The molecule has 5 heteroatoms. The van der Waals surface area contributed by atoms with Crippen LogP contribution in [0, 0.1) is 6.92 Å². The maximum absolute atomic E-state index is 11.9. The van der Waals surface area contributed by atoms with E-state index in [4.69, 9.17) is 9.57 Å². The molecular formula is C16H21NO4. The lowest BCUT2D eigenvalue weighted by Gasteiger charge is -2.14. The van der Waals surface area contributed by atoms with Gasteiger partial charge in [-0.05, 0) is 31.1 Å². The van der Waals surface area contributed by atoms with Crippen molar-refractivity contribution in [3.05, 3.63) is 41.0 Å². The minimum absolute atomic E-state index is 0.158. The fraction of sp³-hybridized carbons (Fsp3) is 0.375. The second-order valence-corrected chi connectivity index (χ2v) is 4.54. The summed E-state index contributed by atoms with van der Waals surface area (Å²) in [5.41, 5.74) is 2.70. The van der Waals surface area contributed by atoms with E-state index in [0.29, 0.717) is 6.61 Å². The van der Waals surface area contributed by atoms with Gasteiger partial charge >= 0.3 is 5.97 Å². The molecular weight excluding hydrogens is 270 g/mol. The molecule has 114 valence electrons. The lowest BCUT2D eigenvalue weighted by Crippen LogP contribution is -2.27. The van der Waals surface area contributed by atoms with Gasteiger partial charge in [-0.25, -0.2) is 9.86 Å². The quantitative estimate of drug-likeness (QED) is 0.458. The zero-order chi connectivity index (χ0) is 15.8. The first kappa shape index (κ1) is 16.9. The van der Waals surface area contributed by atoms with Crippen LogP contribution in [-0.2, 0) is 25.6 Å². The average molecular weight is 291 g/mol. The van der Waals surface area contributed by atoms with E-state index >= 15 is 0 Å². The Hall–Kier alpha value is -2.14. The van der Waals surface area contributed by atoms with Gasteiger partial charge in [0, 0.05) is 13.1 Å². The summed E-state index contributed by atoms with van der Waals surface area (Å²) >= 11 is 0. The largest absolute Gasteiger partial charge is 0.463 e. The number of carbonyl (C=O) groups excluding carboxylic acids is 2. The number of nitrogens with zero attached hydrogens (tertiary/aromatic N) is 1.